The number of benzene rings is 3. The van der Waals surface area contributed by atoms with Gasteiger partial charge in [0.15, 0.2) is 24.2 Å². The molecule has 1 aliphatic rings. The van der Waals surface area contributed by atoms with Crippen molar-refractivity contribution >= 4 is 16.5 Å². The predicted octanol–water partition coefficient (Wildman–Crippen LogP) is 5.52. The van der Waals surface area contributed by atoms with Crippen LogP contribution in [-0.4, -0.2) is 20.8 Å². The molecule has 5 rings (SSSR count). The number of nitrogens with zero attached hydrogens (tertiary/aromatic N) is 1. The second kappa shape index (κ2) is 9.21. The third-order valence-electron chi connectivity index (χ3n) is 6.32. The summed E-state index contributed by atoms with van der Waals surface area (Å²) in [6, 6.07) is 17.0. The van der Waals surface area contributed by atoms with Gasteiger partial charge >= 0.3 is 0 Å². The first-order valence-electron chi connectivity index (χ1n) is 11.5. The number of aryl methyl sites for hydroxylation is 2. The topological polar surface area (TPSA) is 43.6 Å². The van der Waals surface area contributed by atoms with Gasteiger partial charge in [-0.15, -0.1) is 0 Å². The molecule has 0 saturated carbocycles. The number of pyridine rings is 1. The van der Waals surface area contributed by atoms with E-state index in [4.69, 9.17) is 14.2 Å². The zero-order valence-electron chi connectivity index (χ0n) is 19.7. The van der Waals surface area contributed by atoms with Crippen molar-refractivity contribution in [2.45, 2.75) is 26.4 Å². The van der Waals surface area contributed by atoms with Crippen LogP contribution in [0.4, 0.5) is 10.1 Å². The standard InChI is InChI=1S/C28H27FN2O3/c1-4-34-27-14-20-11-12-31-17-23-19(13-24(31)22(20)15-26(27)33-3)7-10-25(32-2)28(23)30-16-18-5-8-21(29)9-6-18/h5-10,13-15,17H,4,11-12,16H2,1-3H3/p+1. The molecule has 3 aromatic carbocycles. The van der Waals surface area contributed by atoms with E-state index in [0.717, 1.165) is 63.5 Å². The fourth-order valence-electron chi connectivity index (χ4n) is 4.61. The third kappa shape index (κ3) is 4.00. The molecule has 0 spiro atoms. The number of halogens is 1. The van der Waals surface area contributed by atoms with Gasteiger partial charge in [-0.1, -0.05) is 18.2 Å². The first-order chi connectivity index (χ1) is 16.6. The summed E-state index contributed by atoms with van der Waals surface area (Å²) in [5, 5.41) is 5.69. The van der Waals surface area contributed by atoms with Crippen molar-refractivity contribution in [2.24, 2.45) is 0 Å². The number of methoxy groups -OCH3 is 2. The molecule has 1 N–H and O–H groups in total. The molecule has 0 saturated heterocycles. The monoisotopic (exact) mass is 459 g/mol. The Hall–Kier alpha value is -3.80. The van der Waals surface area contributed by atoms with E-state index in [0.29, 0.717) is 13.2 Å². The highest BCUT2D eigenvalue weighted by molar-refractivity contribution is 5.97. The van der Waals surface area contributed by atoms with E-state index < -0.39 is 0 Å². The summed E-state index contributed by atoms with van der Waals surface area (Å²) in [6.45, 7) is 4.01. The number of rotatable bonds is 7. The Bertz CT molecular complexity index is 1350. The summed E-state index contributed by atoms with van der Waals surface area (Å²) in [5.74, 6) is 2.06. The molecule has 4 aromatic rings. The van der Waals surface area contributed by atoms with Crippen LogP contribution in [0.2, 0.25) is 0 Å². The van der Waals surface area contributed by atoms with E-state index in [2.05, 4.69) is 40.3 Å². The van der Waals surface area contributed by atoms with E-state index in [1.807, 2.05) is 13.0 Å². The van der Waals surface area contributed by atoms with Crippen LogP contribution in [0.15, 0.2) is 60.8 Å². The van der Waals surface area contributed by atoms with Crippen molar-refractivity contribution in [3.8, 4) is 28.5 Å². The van der Waals surface area contributed by atoms with Gasteiger partial charge in [0.2, 0.25) is 5.69 Å². The van der Waals surface area contributed by atoms with Gasteiger partial charge in [-0.05, 0) is 53.8 Å². The molecule has 2 heterocycles. The SMILES string of the molecule is CCOc1cc2c(cc1OC)-c1cc3ccc(OC)c(NCc4ccc(F)cc4)c3c[n+]1CC2. The molecule has 0 bridgehead atoms. The van der Waals surface area contributed by atoms with Crippen molar-refractivity contribution < 1.29 is 23.2 Å². The summed E-state index contributed by atoms with van der Waals surface area (Å²) in [4.78, 5) is 0. The molecule has 34 heavy (non-hydrogen) atoms. The van der Waals surface area contributed by atoms with E-state index >= 15 is 0 Å². The lowest BCUT2D eigenvalue weighted by Crippen LogP contribution is -2.40. The quantitative estimate of drug-likeness (QED) is 0.370. The fraction of sp³-hybridized carbons (Fsp3) is 0.250. The number of fused-ring (bicyclic) bond motifs is 4. The predicted molar refractivity (Wildman–Crippen MR) is 131 cm³/mol. The highest BCUT2D eigenvalue weighted by atomic mass is 19.1. The zero-order valence-corrected chi connectivity index (χ0v) is 19.7. The van der Waals surface area contributed by atoms with Crippen molar-refractivity contribution in [3.63, 3.8) is 0 Å². The number of aromatic nitrogens is 1. The van der Waals surface area contributed by atoms with Gasteiger partial charge in [0, 0.05) is 19.0 Å². The van der Waals surface area contributed by atoms with E-state index in [9.17, 15) is 4.39 Å². The average Bonchev–Trinajstić information content (AvgIpc) is 2.86. The fourth-order valence-corrected chi connectivity index (χ4v) is 4.61. The van der Waals surface area contributed by atoms with Gasteiger partial charge in [0.1, 0.15) is 11.6 Å². The minimum atomic E-state index is -0.236. The molecule has 0 amide bonds. The number of hydrogen-bond donors (Lipinski definition) is 1. The molecule has 0 fully saturated rings. The molecular formula is C28H28FN2O3+. The van der Waals surface area contributed by atoms with Gasteiger partial charge in [-0.25, -0.2) is 4.39 Å². The number of anilines is 1. The summed E-state index contributed by atoms with van der Waals surface area (Å²) < 4.78 is 32.6. The molecular weight excluding hydrogens is 431 g/mol. The van der Waals surface area contributed by atoms with Crippen LogP contribution in [-0.2, 0) is 19.5 Å². The molecule has 6 heteroatoms. The minimum absolute atomic E-state index is 0.236. The maximum absolute atomic E-state index is 13.3. The molecule has 0 atom stereocenters. The van der Waals surface area contributed by atoms with Crippen LogP contribution in [0.1, 0.15) is 18.1 Å². The maximum atomic E-state index is 13.3. The summed E-state index contributed by atoms with van der Waals surface area (Å²) >= 11 is 0. The summed E-state index contributed by atoms with van der Waals surface area (Å²) in [7, 11) is 3.35. The molecule has 174 valence electrons. The molecule has 0 radical (unpaired) electrons. The van der Waals surface area contributed by atoms with Crippen molar-refractivity contribution in [2.75, 3.05) is 26.1 Å². The van der Waals surface area contributed by atoms with Crippen LogP contribution < -0.4 is 24.1 Å². The molecule has 1 aromatic heterocycles. The Morgan fingerprint density at radius 1 is 0.941 bits per heavy atom. The summed E-state index contributed by atoms with van der Waals surface area (Å²) in [5.41, 5.74) is 5.48. The smallest absolute Gasteiger partial charge is 0.213 e. The lowest BCUT2D eigenvalue weighted by Gasteiger charge is -2.20. The minimum Gasteiger partial charge on any atom is -0.495 e. The Morgan fingerprint density at radius 2 is 1.74 bits per heavy atom. The van der Waals surface area contributed by atoms with Crippen molar-refractivity contribution in [1.29, 1.82) is 0 Å². The Kier molecular flexibility index (Phi) is 5.97. The number of hydrogen-bond acceptors (Lipinski definition) is 4. The van der Waals surface area contributed by atoms with Gasteiger partial charge in [0.05, 0.1) is 37.5 Å². The molecule has 0 aliphatic carbocycles. The van der Waals surface area contributed by atoms with Gasteiger partial charge in [-0.3, -0.25) is 0 Å². The Labute approximate surface area is 198 Å². The van der Waals surface area contributed by atoms with Crippen molar-refractivity contribution in [1.82, 2.24) is 0 Å². The maximum Gasteiger partial charge on any atom is 0.213 e. The number of ether oxygens (including phenoxy) is 3. The van der Waals surface area contributed by atoms with Gasteiger partial charge in [0.25, 0.3) is 0 Å². The first kappa shape index (κ1) is 22.0. The lowest BCUT2D eigenvalue weighted by atomic mass is 9.95. The highest BCUT2D eigenvalue weighted by Gasteiger charge is 2.27. The normalized spacial score (nSPS) is 12.1. The highest BCUT2D eigenvalue weighted by Crippen LogP contribution is 2.39. The van der Waals surface area contributed by atoms with E-state index in [-0.39, 0.29) is 5.82 Å². The van der Waals surface area contributed by atoms with E-state index in [1.165, 1.54) is 17.7 Å². The second-order valence-electron chi connectivity index (χ2n) is 8.32. The molecule has 1 aliphatic heterocycles. The van der Waals surface area contributed by atoms with Gasteiger partial charge < -0.3 is 19.5 Å². The Morgan fingerprint density at radius 3 is 2.47 bits per heavy atom. The van der Waals surface area contributed by atoms with E-state index in [1.54, 1.807) is 26.4 Å². The van der Waals surface area contributed by atoms with Crippen LogP contribution >= 0.6 is 0 Å². The lowest BCUT2D eigenvalue weighted by molar-refractivity contribution is -0.686. The molecule has 0 unspecified atom stereocenters. The molecule has 5 nitrogen and oxygen atoms in total. The van der Waals surface area contributed by atoms with Crippen LogP contribution in [0.5, 0.6) is 17.2 Å². The first-order valence-corrected chi connectivity index (χ1v) is 11.5. The Balaban J connectivity index is 1.58. The summed E-state index contributed by atoms with van der Waals surface area (Å²) in [6.07, 6.45) is 3.09. The van der Waals surface area contributed by atoms with Crippen LogP contribution in [0, 0.1) is 5.82 Å². The van der Waals surface area contributed by atoms with Gasteiger partial charge in [-0.2, -0.15) is 4.57 Å². The average molecular weight is 460 g/mol. The second-order valence-corrected chi connectivity index (χ2v) is 8.32. The zero-order chi connectivity index (χ0) is 23.7. The van der Waals surface area contributed by atoms with Crippen molar-refractivity contribution in [3.05, 3.63) is 77.7 Å². The van der Waals surface area contributed by atoms with Crippen LogP contribution in [0.25, 0.3) is 22.0 Å². The third-order valence-corrected chi connectivity index (χ3v) is 6.32. The number of nitrogens with one attached hydrogen (secondary N) is 1. The van der Waals surface area contributed by atoms with Crippen LogP contribution in [0.3, 0.4) is 0 Å². The largest absolute Gasteiger partial charge is 0.495 e.